The number of benzene rings is 1. The van der Waals surface area contributed by atoms with E-state index < -0.39 is 0 Å². The third kappa shape index (κ3) is 2.94. The minimum atomic E-state index is 0. The molecule has 1 aromatic heterocycles. The fourth-order valence-corrected chi connectivity index (χ4v) is 2.27. The van der Waals surface area contributed by atoms with Gasteiger partial charge in [0, 0.05) is 6.54 Å². The molecule has 0 aliphatic carbocycles. The number of halogens is 1. The molecule has 0 radical (unpaired) electrons. The maximum Gasteiger partial charge on any atom is 0.295 e. The van der Waals surface area contributed by atoms with Gasteiger partial charge in [-0.25, -0.2) is 0 Å². The van der Waals surface area contributed by atoms with Crippen molar-refractivity contribution in [3.05, 3.63) is 24.3 Å². The quantitative estimate of drug-likeness (QED) is 0.898. The first-order chi connectivity index (χ1) is 8.42. The lowest BCUT2D eigenvalue weighted by molar-refractivity contribution is 0.387. The fourth-order valence-electron chi connectivity index (χ4n) is 2.27. The summed E-state index contributed by atoms with van der Waals surface area (Å²) in [6, 6.07) is 8.49. The van der Waals surface area contributed by atoms with Gasteiger partial charge in [0.25, 0.3) is 6.01 Å². The van der Waals surface area contributed by atoms with E-state index >= 15 is 0 Å². The second-order valence-electron chi connectivity index (χ2n) is 4.56. The van der Waals surface area contributed by atoms with Gasteiger partial charge in [-0.15, -0.1) is 12.4 Å². The second kappa shape index (κ2) is 6.07. The molecule has 18 heavy (non-hydrogen) atoms. The molecule has 2 heterocycles. The van der Waals surface area contributed by atoms with Gasteiger partial charge in [0.1, 0.15) is 5.52 Å². The van der Waals surface area contributed by atoms with E-state index in [9.17, 15) is 0 Å². The largest absolute Gasteiger partial charge is 0.424 e. The fraction of sp³-hybridized carbons (Fsp3) is 0.462. The van der Waals surface area contributed by atoms with Crippen LogP contribution in [-0.4, -0.2) is 24.6 Å². The number of nitrogens with one attached hydrogen (secondary N) is 2. The Kier molecular flexibility index (Phi) is 4.44. The molecule has 0 spiro atoms. The maximum atomic E-state index is 5.62. The molecule has 3 rings (SSSR count). The van der Waals surface area contributed by atoms with Gasteiger partial charge in [-0.05, 0) is 44.0 Å². The third-order valence-electron chi connectivity index (χ3n) is 3.29. The van der Waals surface area contributed by atoms with Crippen LogP contribution in [0.25, 0.3) is 11.1 Å². The molecule has 0 amide bonds. The first-order valence-corrected chi connectivity index (χ1v) is 6.22. The first-order valence-electron chi connectivity index (χ1n) is 6.22. The van der Waals surface area contributed by atoms with E-state index in [1.54, 1.807) is 0 Å². The molecular formula is C13H18ClN3O. The van der Waals surface area contributed by atoms with Gasteiger partial charge in [0.15, 0.2) is 5.58 Å². The van der Waals surface area contributed by atoms with Crippen LogP contribution in [0.3, 0.4) is 0 Å². The number of hydrogen-bond acceptors (Lipinski definition) is 4. The van der Waals surface area contributed by atoms with Crippen LogP contribution in [0.2, 0.25) is 0 Å². The molecule has 0 unspecified atom stereocenters. The summed E-state index contributed by atoms with van der Waals surface area (Å²) in [4.78, 5) is 4.40. The van der Waals surface area contributed by atoms with Crippen LogP contribution in [0.5, 0.6) is 0 Å². The Hall–Kier alpha value is -1.26. The number of piperidine rings is 1. The normalized spacial score (nSPS) is 16.4. The van der Waals surface area contributed by atoms with Gasteiger partial charge in [0.2, 0.25) is 0 Å². The average molecular weight is 268 g/mol. The van der Waals surface area contributed by atoms with E-state index in [1.807, 2.05) is 24.3 Å². The molecule has 1 saturated heterocycles. The summed E-state index contributed by atoms with van der Waals surface area (Å²) in [5.41, 5.74) is 1.76. The highest BCUT2D eigenvalue weighted by Gasteiger charge is 2.13. The number of hydrogen-bond donors (Lipinski definition) is 2. The molecule has 1 aliphatic heterocycles. The zero-order valence-electron chi connectivity index (χ0n) is 10.2. The summed E-state index contributed by atoms with van der Waals surface area (Å²) < 4.78 is 5.62. The van der Waals surface area contributed by atoms with E-state index in [0.717, 1.165) is 36.7 Å². The van der Waals surface area contributed by atoms with Crippen molar-refractivity contribution in [1.29, 1.82) is 0 Å². The first kappa shape index (κ1) is 13.2. The van der Waals surface area contributed by atoms with Gasteiger partial charge in [-0.1, -0.05) is 12.1 Å². The number of rotatable bonds is 3. The van der Waals surface area contributed by atoms with Gasteiger partial charge >= 0.3 is 0 Å². The molecule has 2 aromatic rings. The van der Waals surface area contributed by atoms with E-state index in [1.165, 1.54) is 12.8 Å². The van der Waals surface area contributed by atoms with Gasteiger partial charge in [-0.2, -0.15) is 4.98 Å². The van der Waals surface area contributed by atoms with Crippen LogP contribution in [0, 0.1) is 5.92 Å². The topological polar surface area (TPSA) is 50.1 Å². The van der Waals surface area contributed by atoms with E-state index in [0.29, 0.717) is 6.01 Å². The number of anilines is 1. The number of aromatic nitrogens is 1. The highest BCUT2D eigenvalue weighted by molar-refractivity contribution is 5.85. The number of oxazole rings is 1. The Bertz CT molecular complexity index is 461. The molecule has 1 fully saturated rings. The predicted molar refractivity (Wildman–Crippen MR) is 75.3 cm³/mol. The summed E-state index contributed by atoms with van der Waals surface area (Å²) in [6.07, 6.45) is 2.46. The molecule has 2 N–H and O–H groups in total. The van der Waals surface area contributed by atoms with Crippen LogP contribution in [-0.2, 0) is 0 Å². The highest BCUT2D eigenvalue weighted by Crippen LogP contribution is 2.19. The Labute approximate surface area is 113 Å². The third-order valence-corrected chi connectivity index (χ3v) is 3.29. The predicted octanol–water partition coefficient (Wildman–Crippen LogP) is 2.66. The van der Waals surface area contributed by atoms with Crippen molar-refractivity contribution in [2.75, 3.05) is 25.0 Å². The maximum absolute atomic E-state index is 5.62. The van der Waals surface area contributed by atoms with Crippen LogP contribution < -0.4 is 10.6 Å². The SMILES string of the molecule is Cl.c1ccc2oc(NCC3CCNCC3)nc2c1. The average Bonchev–Trinajstić information content (AvgIpc) is 2.80. The van der Waals surface area contributed by atoms with Crippen LogP contribution in [0.1, 0.15) is 12.8 Å². The minimum Gasteiger partial charge on any atom is -0.424 e. The molecule has 1 aromatic carbocycles. The van der Waals surface area contributed by atoms with Crippen LogP contribution in [0.4, 0.5) is 6.01 Å². The lowest BCUT2D eigenvalue weighted by Crippen LogP contribution is -2.31. The Balaban J connectivity index is 0.00000120. The van der Waals surface area contributed by atoms with Crippen molar-refractivity contribution in [2.24, 2.45) is 5.92 Å². The lowest BCUT2D eigenvalue weighted by Gasteiger charge is -2.22. The molecule has 5 heteroatoms. The van der Waals surface area contributed by atoms with E-state index in [4.69, 9.17) is 4.42 Å². The Morgan fingerprint density at radius 2 is 2.06 bits per heavy atom. The van der Waals surface area contributed by atoms with E-state index in [2.05, 4.69) is 15.6 Å². The molecule has 0 atom stereocenters. The van der Waals surface area contributed by atoms with Crippen molar-refractivity contribution < 1.29 is 4.42 Å². The molecule has 0 saturated carbocycles. The molecule has 98 valence electrons. The van der Waals surface area contributed by atoms with Crippen molar-refractivity contribution in [2.45, 2.75) is 12.8 Å². The van der Waals surface area contributed by atoms with Crippen molar-refractivity contribution >= 4 is 29.5 Å². The van der Waals surface area contributed by atoms with Gasteiger partial charge < -0.3 is 15.1 Å². The smallest absolute Gasteiger partial charge is 0.295 e. The van der Waals surface area contributed by atoms with Crippen molar-refractivity contribution in [3.8, 4) is 0 Å². The monoisotopic (exact) mass is 267 g/mol. The molecular weight excluding hydrogens is 250 g/mol. The second-order valence-corrected chi connectivity index (χ2v) is 4.56. The number of nitrogens with zero attached hydrogens (tertiary/aromatic N) is 1. The Morgan fingerprint density at radius 1 is 1.28 bits per heavy atom. The molecule has 4 nitrogen and oxygen atoms in total. The molecule has 1 aliphatic rings. The lowest BCUT2D eigenvalue weighted by atomic mass is 9.98. The standard InChI is InChI=1S/C13H17N3O.ClH/c1-2-4-12-11(3-1)16-13(17-12)15-9-10-5-7-14-8-6-10;/h1-4,10,14H,5-9H2,(H,15,16);1H. The highest BCUT2D eigenvalue weighted by atomic mass is 35.5. The van der Waals surface area contributed by atoms with Crippen LogP contribution >= 0.6 is 12.4 Å². The zero-order valence-corrected chi connectivity index (χ0v) is 11.0. The summed E-state index contributed by atoms with van der Waals surface area (Å²) >= 11 is 0. The number of para-hydroxylation sites is 2. The minimum absolute atomic E-state index is 0. The summed E-state index contributed by atoms with van der Waals surface area (Å²) in [7, 11) is 0. The van der Waals surface area contributed by atoms with Gasteiger partial charge in [0.05, 0.1) is 0 Å². The summed E-state index contributed by atoms with van der Waals surface area (Å²) in [5.74, 6) is 0.728. The van der Waals surface area contributed by atoms with Crippen LogP contribution in [0.15, 0.2) is 28.7 Å². The van der Waals surface area contributed by atoms with Crippen molar-refractivity contribution in [3.63, 3.8) is 0 Å². The zero-order chi connectivity index (χ0) is 11.5. The van der Waals surface area contributed by atoms with E-state index in [-0.39, 0.29) is 12.4 Å². The number of fused-ring (bicyclic) bond motifs is 1. The summed E-state index contributed by atoms with van der Waals surface area (Å²) in [6.45, 7) is 3.20. The Morgan fingerprint density at radius 3 is 2.83 bits per heavy atom. The van der Waals surface area contributed by atoms with Gasteiger partial charge in [-0.3, -0.25) is 0 Å². The molecule has 0 bridgehead atoms. The van der Waals surface area contributed by atoms with Crippen molar-refractivity contribution in [1.82, 2.24) is 10.3 Å². The summed E-state index contributed by atoms with van der Waals surface area (Å²) in [5, 5.41) is 6.67.